The van der Waals surface area contributed by atoms with Crippen LogP contribution >= 0.6 is 0 Å². The van der Waals surface area contributed by atoms with Crippen LogP contribution in [0.5, 0.6) is 0 Å². The van der Waals surface area contributed by atoms with Gasteiger partial charge in [-0.1, -0.05) is 5.16 Å². The Kier molecular flexibility index (Phi) is 2.08. The Hall–Kier alpha value is -0.570. The fourth-order valence-electron chi connectivity index (χ4n) is 0. The Morgan fingerprint density at radius 1 is 2.00 bits per heavy atom. The normalized spacial score (nSPS) is 5.25. The first-order valence-electron chi connectivity index (χ1n) is 0.681. The summed E-state index contributed by atoms with van der Waals surface area (Å²) < 4.78 is 0. The van der Waals surface area contributed by atoms with Crippen molar-refractivity contribution in [3.8, 4) is 0 Å². The highest BCUT2D eigenvalue weighted by Crippen LogP contribution is 1.48. The molecule has 0 aliphatic carbocycles. The van der Waals surface area contributed by atoms with E-state index in [1.807, 2.05) is 0 Å². The molecule has 0 bridgehead atoms. The van der Waals surface area contributed by atoms with Crippen molar-refractivity contribution >= 4 is 6.72 Å². The second-order valence-electron chi connectivity index (χ2n) is 0.211. The van der Waals surface area contributed by atoms with Crippen LogP contribution in [0.1, 0.15) is 0 Å². The first kappa shape index (κ1) is 3.43. The molecule has 0 amide bonds. The van der Waals surface area contributed by atoms with Crippen LogP contribution in [0.4, 0.5) is 0 Å². The SMILES string of the molecule is C=NOO. The van der Waals surface area contributed by atoms with Crippen molar-refractivity contribution in [1.29, 1.82) is 0 Å². The summed E-state index contributed by atoms with van der Waals surface area (Å²) in [5, 5.41) is 9.69. The van der Waals surface area contributed by atoms with Crippen molar-refractivity contribution in [2.24, 2.45) is 5.16 Å². The van der Waals surface area contributed by atoms with Crippen LogP contribution in [0.3, 0.4) is 0 Å². The van der Waals surface area contributed by atoms with Crippen LogP contribution in [0.25, 0.3) is 0 Å². The second-order valence-corrected chi connectivity index (χ2v) is 0.211. The molecule has 0 aromatic rings. The van der Waals surface area contributed by atoms with Gasteiger partial charge >= 0.3 is 0 Å². The summed E-state index contributed by atoms with van der Waals surface area (Å²) in [6.45, 7) is 2.76. The maximum absolute atomic E-state index is 7.15. The highest BCUT2D eigenvalue weighted by Gasteiger charge is 1.37. The van der Waals surface area contributed by atoms with Gasteiger partial charge < -0.3 is 0 Å². The molecule has 0 aromatic heterocycles. The van der Waals surface area contributed by atoms with Gasteiger partial charge in [-0.25, -0.2) is 4.99 Å². The zero-order chi connectivity index (χ0) is 3.41. The molecule has 0 rings (SSSR count). The molecule has 3 heteroatoms. The summed E-state index contributed by atoms with van der Waals surface area (Å²) in [5.41, 5.74) is 0. The maximum Gasteiger partial charge on any atom is 0.0340 e. The molecule has 0 aliphatic heterocycles. The van der Waals surface area contributed by atoms with Gasteiger partial charge in [-0.15, -0.1) is 0 Å². The summed E-state index contributed by atoms with van der Waals surface area (Å²) in [7, 11) is 0. The number of rotatable bonds is 1. The van der Waals surface area contributed by atoms with Gasteiger partial charge in [0.15, 0.2) is 0 Å². The Morgan fingerprint density at radius 3 is 2.25 bits per heavy atom. The molecule has 0 unspecified atom stereocenters. The van der Waals surface area contributed by atoms with Crippen molar-refractivity contribution < 1.29 is 10.2 Å². The molecule has 0 aromatic carbocycles. The third-order valence-corrected chi connectivity index (χ3v) is 0.0577. The highest BCUT2D eigenvalue weighted by atomic mass is 17.2. The van der Waals surface area contributed by atoms with Crippen LogP contribution < -0.4 is 0 Å². The third kappa shape index (κ3) is 1.43. The van der Waals surface area contributed by atoms with Gasteiger partial charge in [-0.2, -0.15) is 5.26 Å². The van der Waals surface area contributed by atoms with Gasteiger partial charge in [-0.05, 0) is 0 Å². The molecule has 4 heavy (non-hydrogen) atoms. The van der Waals surface area contributed by atoms with Gasteiger partial charge in [0.1, 0.15) is 0 Å². The Labute approximate surface area is 23.4 Å². The average molecular weight is 61.0 g/mol. The van der Waals surface area contributed by atoms with E-state index in [2.05, 4.69) is 16.9 Å². The van der Waals surface area contributed by atoms with Gasteiger partial charge in [0, 0.05) is 6.72 Å². The maximum atomic E-state index is 7.15. The second kappa shape index (κ2) is 2.43. The molecule has 0 saturated carbocycles. The molecule has 1 N–H and O–H groups in total. The Morgan fingerprint density at radius 2 is 2.25 bits per heavy atom. The lowest BCUT2D eigenvalue weighted by Crippen LogP contribution is -1.57. The van der Waals surface area contributed by atoms with E-state index in [4.69, 9.17) is 5.26 Å². The summed E-state index contributed by atoms with van der Waals surface area (Å²) >= 11 is 0. The predicted octanol–water partition coefficient (Wildman–Crippen LogP) is 0.0916. The van der Waals surface area contributed by atoms with Crippen molar-refractivity contribution in [3.63, 3.8) is 0 Å². The van der Waals surface area contributed by atoms with E-state index in [1.54, 1.807) is 0 Å². The van der Waals surface area contributed by atoms with Gasteiger partial charge in [0.25, 0.3) is 0 Å². The van der Waals surface area contributed by atoms with Crippen molar-refractivity contribution in [3.05, 3.63) is 0 Å². The topological polar surface area (TPSA) is 41.8 Å². The fourth-order valence-corrected chi connectivity index (χ4v) is 0. The molecule has 0 saturated heterocycles. The van der Waals surface area contributed by atoms with E-state index in [0.717, 1.165) is 0 Å². The van der Waals surface area contributed by atoms with E-state index in [9.17, 15) is 0 Å². The van der Waals surface area contributed by atoms with Gasteiger partial charge in [0.2, 0.25) is 0 Å². The minimum absolute atomic E-state index is 2.54. The molecule has 3 nitrogen and oxygen atoms in total. The number of oxime groups is 1. The van der Waals surface area contributed by atoms with Crippen molar-refractivity contribution in [2.45, 2.75) is 0 Å². The molecule has 24 valence electrons. The monoisotopic (exact) mass is 61.0 g/mol. The fraction of sp³-hybridized carbons (Fsp3) is 0. The molecule has 0 atom stereocenters. The van der Waals surface area contributed by atoms with Crippen LogP contribution in [-0.2, 0) is 4.99 Å². The zero-order valence-electron chi connectivity index (χ0n) is 2.01. The van der Waals surface area contributed by atoms with Crippen molar-refractivity contribution in [2.75, 3.05) is 0 Å². The summed E-state index contributed by atoms with van der Waals surface area (Å²) in [5.74, 6) is 0. The minimum Gasteiger partial charge on any atom is -0.224 e. The smallest absolute Gasteiger partial charge is 0.0340 e. The van der Waals surface area contributed by atoms with E-state index in [1.165, 1.54) is 0 Å². The van der Waals surface area contributed by atoms with E-state index in [0.29, 0.717) is 0 Å². The highest BCUT2D eigenvalue weighted by molar-refractivity contribution is 5.21. The first-order chi connectivity index (χ1) is 1.91. The summed E-state index contributed by atoms with van der Waals surface area (Å²) in [6.07, 6.45) is 0. The summed E-state index contributed by atoms with van der Waals surface area (Å²) in [4.78, 5) is 3.06. The molecule has 0 aliphatic rings. The van der Waals surface area contributed by atoms with Crippen LogP contribution in [-0.4, -0.2) is 12.0 Å². The first-order valence-corrected chi connectivity index (χ1v) is 0.681. The van der Waals surface area contributed by atoms with Gasteiger partial charge in [0.05, 0.1) is 0 Å². The molecule has 0 heterocycles. The molecule has 0 spiro atoms. The number of hydrogen-bond donors (Lipinski definition) is 1. The predicted molar refractivity (Wildman–Crippen MR) is 13.3 cm³/mol. The van der Waals surface area contributed by atoms with Crippen LogP contribution in [0.2, 0.25) is 0 Å². The third-order valence-electron chi connectivity index (χ3n) is 0.0577. The number of hydrogen-bond acceptors (Lipinski definition) is 3. The lowest BCUT2D eigenvalue weighted by molar-refractivity contribution is -0.241. The largest absolute Gasteiger partial charge is 0.224 e. The quantitative estimate of drug-likeness (QED) is 0.265. The van der Waals surface area contributed by atoms with Gasteiger partial charge in [-0.3, -0.25) is 0 Å². The zero-order valence-corrected chi connectivity index (χ0v) is 2.01. The standard InChI is InChI=1S/CH3NO2/c1-2-4-3/h3H,1H2. The molecule has 0 radical (unpaired) electrons. The summed E-state index contributed by atoms with van der Waals surface area (Å²) in [6, 6.07) is 0. The molecular weight excluding hydrogens is 58.0 g/mol. The molecule has 0 fully saturated rings. The number of nitrogens with zero attached hydrogens (tertiary/aromatic N) is 1. The van der Waals surface area contributed by atoms with E-state index >= 15 is 0 Å². The van der Waals surface area contributed by atoms with Crippen LogP contribution in [0, 0.1) is 0 Å². The lowest BCUT2D eigenvalue weighted by Gasteiger charge is -1.66. The molecular formula is CH3NO2. The average Bonchev–Trinajstić information content (AvgIpc) is 1.37. The Balaban J connectivity index is 2.30. The lowest BCUT2D eigenvalue weighted by atomic mass is 11.8. The van der Waals surface area contributed by atoms with E-state index in [-0.39, 0.29) is 0 Å². The van der Waals surface area contributed by atoms with E-state index < -0.39 is 0 Å². The van der Waals surface area contributed by atoms with Crippen LogP contribution in [0.15, 0.2) is 5.16 Å². The Bertz CT molecular complexity index is 20.0. The minimum atomic E-state index is 2.54. The van der Waals surface area contributed by atoms with Crippen molar-refractivity contribution in [1.82, 2.24) is 0 Å².